The summed E-state index contributed by atoms with van der Waals surface area (Å²) in [6, 6.07) is 8.50. The highest BCUT2D eigenvalue weighted by molar-refractivity contribution is 8.00. The van der Waals surface area contributed by atoms with Gasteiger partial charge in [0, 0.05) is 22.4 Å². The summed E-state index contributed by atoms with van der Waals surface area (Å²) < 4.78 is 0.493. The molecule has 1 nitrogen and oxygen atoms in total. The molecule has 0 heterocycles. The summed E-state index contributed by atoms with van der Waals surface area (Å²) in [5.74, 6) is 0. The molecule has 0 aromatic heterocycles. The summed E-state index contributed by atoms with van der Waals surface area (Å²) >= 11 is 8.02. The second kappa shape index (κ2) is 5.64. The Kier molecular flexibility index (Phi) is 4.40. The Bertz CT molecular complexity index is 371. The molecular formula is C14H20ClNS. The van der Waals surface area contributed by atoms with Crippen LogP contribution in [0.25, 0.3) is 0 Å². The van der Waals surface area contributed by atoms with E-state index >= 15 is 0 Å². The maximum Gasteiger partial charge on any atom is 0.0409 e. The third-order valence-corrected chi connectivity index (χ3v) is 5.43. The minimum atomic E-state index is 0.373. The van der Waals surface area contributed by atoms with Crippen molar-refractivity contribution >= 4 is 23.4 Å². The fourth-order valence-corrected chi connectivity index (χ4v) is 3.38. The average Bonchev–Trinajstić information content (AvgIpc) is 2.28. The van der Waals surface area contributed by atoms with E-state index < -0.39 is 0 Å². The van der Waals surface area contributed by atoms with Crippen LogP contribution in [0.1, 0.15) is 37.8 Å². The van der Waals surface area contributed by atoms with E-state index in [2.05, 4.69) is 24.6 Å². The van der Waals surface area contributed by atoms with Crippen molar-refractivity contribution in [3.05, 3.63) is 34.9 Å². The Balaban J connectivity index is 1.91. The highest BCUT2D eigenvalue weighted by Gasteiger charge is 2.35. The quantitative estimate of drug-likeness (QED) is 0.856. The molecule has 1 atom stereocenters. The van der Waals surface area contributed by atoms with Gasteiger partial charge in [-0.05, 0) is 43.7 Å². The maximum absolute atomic E-state index is 6.01. The first-order chi connectivity index (χ1) is 8.15. The molecule has 0 radical (unpaired) electrons. The highest BCUT2D eigenvalue weighted by Crippen LogP contribution is 2.42. The zero-order valence-electron chi connectivity index (χ0n) is 10.5. The number of hydrogen-bond donors (Lipinski definition) is 1. The van der Waals surface area contributed by atoms with Gasteiger partial charge in [0.25, 0.3) is 0 Å². The molecule has 1 aromatic carbocycles. The molecule has 1 N–H and O–H groups in total. The normalized spacial score (nSPS) is 19.7. The fourth-order valence-electron chi connectivity index (χ4n) is 2.26. The number of nitrogens with one attached hydrogen (secondary N) is 1. The molecule has 1 saturated carbocycles. The monoisotopic (exact) mass is 269 g/mol. The van der Waals surface area contributed by atoms with E-state index in [4.69, 9.17) is 11.6 Å². The number of rotatable bonds is 5. The fraction of sp³-hybridized carbons (Fsp3) is 0.571. The molecule has 1 fully saturated rings. The molecule has 1 aliphatic rings. The first-order valence-corrected chi connectivity index (χ1v) is 7.79. The van der Waals surface area contributed by atoms with Gasteiger partial charge in [-0.3, -0.25) is 0 Å². The van der Waals surface area contributed by atoms with Gasteiger partial charge < -0.3 is 5.32 Å². The van der Waals surface area contributed by atoms with Gasteiger partial charge in [-0.1, -0.05) is 30.2 Å². The van der Waals surface area contributed by atoms with E-state index in [-0.39, 0.29) is 0 Å². The topological polar surface area (TPSA) is 12.0 Å². The lowest BCUT2D eigenvalue weighted by atomic mass is 9.84. The number of hydrogen-bond acceptors (Lipinski definition) is 2. The van der Waals surface area contributed by atoms with Crippen LogP contribution < -0.4 is 5.32 Å². The molecular weight excluding hydrogens is 250 g/mol. The third-order valence-electron chi connectivity index (χ3n) is 3.78. The Hall–Kier alpha value is -0.180. The Labute approximate surface area is 113 Å². The number of benzene rings is 1. The molecule has 0 amide bonds. The molecule has 0 spiro atoms. The van der Waals surface area contributed by atoms with Crippen molar-refractivity contribution in [1.82, 2.24) is 5.32 Å². The minimum Gasteiger partial charge on any atom is -0.309 e. The SMILES string of the molecule is CSC1(CNC(C)c2cccc(Cl)c2)CCC1. The van der Waals surface area contributed by atoms with Gasteiger partial charge in [-0.2, -0.15) is 11.8 Å². The van der Waals surface area contributed by atoms with Crippen molar-refractivity contribution in [3.63, 3.8) is 0 Å². The summed E-state index contributed by atoms with van der Waals surface area (Å²) in [5, 5.41) is 4.46. The molecule has 0 bridgehead atoms. The van der Waals surface area contributed by atoms with Crippen LogP contribution in [-0.2, 0) is 0 Å². The molecule has 1 aromatic rings. The van der Waals surface area contributed by atoms with Crippen molar-refractivity contribution in [2.24, 2.45) is 0 Å². The van der Waals surface area contributed by atoms with E-state index in [0.717, 1.165) is 11.6 Å². The third kappa shape index (κ3) is 3.18. The molecule has 0 aliphatic heterocycles. The van der Waals surface area contributed by atoms with Crippen LogP contribution in [0.2, 0.25) is 5.02 Å². The lowest BCUT2D eigenvalue weighted by Gasteiger charge is -2.41. The van der Waals surface area contributed by atoms with Crippen molar-refractivity contribution in [2.75, 3.05) is 12.8 Å². The molecule has 3 heteroatoms. The van der Waals surface area contributed by atoms with Crippen molar-refractivity contribution < 1.29 is 0 Å². The maximum atomic E-state index is 6.01. The van der Waals surface area contributed by atoms with Gasteiger partial charge in [-0.15, -0.1) is 0 Å². The average molecular weight is 270 g/mol. The van der Waals surface area contributed by atoms with Crippen LogP contribution in [0.5, 0.6) is 0 Å². The van der Waals surface area contributed by atoms with E-state index in [9.17, 15) is 0 Å². The predicted octanol–water partition coefficient (Wildman–Crippen LogP) is 4.28. The van der Waals surface area contributed by atoms with Crippen LogP contribution in [0.15, 0.2) is 24.3 Å². The molecule has 94 valence electrons. The van der Waals surface area contributed by atoms with Crippen LogP contribution in [0.3, 0.4) is 0 Å². The summed E-state index contributed by atoms with van der Waals surface area (Å²) in [4.78, 5) is 0. The first kappa shape index (κ1) is 13.3. The van der Waals surface area contributed by atoms with Crippen LogP contribution >= 0.6 is 23.4 Å². The van der Waals surface area contributed by atoms with Crippen molar-refractivity contribution in [3.8, 4) is 0 Å². The van der Waals surface area contributed by atoms with Gasteiger partial charge in [0.1, 0.15) is 0 Å². The lowest BCUT2D eigenvalue weighted by Crippen LogP contribution is -2.43. The van der Waals surface area contributed by atoms with E-state index in [1.807, 2.05) is 30.0 Å². The molecule has 1 aliphatic carbocycles. The summed E-state index contributed by atoms with van der Waals surface area (Å²) in [6.45, 7) is 3.31. The molecule has 1 unspecified atom stereocenters. The lowest BCUT2D eigenvalue weighted by molar-refractivity contribution is 0.334. The number of halogens is 1. The Morgan fingerprint density at radius 1 is 1.47 bits per heavy atom. The molecule has 17 heavy (non-hydrogen) atoms. The van der Waals surface area contributed by atoms with Crippen LogP contribution in [0, 0.1) is 0 Å². The Morgan fingerprint density at radius 2 is 2.24 bits per heavy atom. The van der Waals surface area contributed by atoms with Crippen LogP contribution in [-0.4, -0.2) is 17.5 Å². The standard InChI is InChI=1S/C14H20ClNS/c1-11(12-5-3-6-13(15)9-12)16-10-14(17-2)7-4-8-14/h3,5-6,9,11,16H,4,7-8,10H2,1-2H3. The second-order valence-corrected chi connectivity index (χ2v) is 6.61. The van der Waals surface area contributed by atoms with E-state index in [1.54, 1.807) is 0 Å². The van der Waals surface area contributed by atoms with Gasteiger partial charge in [0.2, 0.25) is 0 Å². The molecule has 2 rings (SSSR count). The van der Waals surface area contributed by atoms with Gasteiger partial charge in [0.15, 0.2) is 0 Å². The van der Waals surface area contributed by atoms with Gasteiger partial charge >= 0.3 is 0 Å². The van der Waals surface area contributed by atoms with Gasteiger partial charge in [0.05, 0.1) is 0 Å². The Morgan fingerprint density at radius 3 is 2.76 bits per heavy atom. The highest BCUT2D eigenvalue weighted by atomic mass is 35.5. The smallest absolute Gasteiger partial charge is 0.0409 e. The zero-order chi connectivity index (χ0) is 12.3. The number of thioether (sulfide) groups is 1. The van der Waals surface area contributed by atoms with E-state index in [0.29, 0.717) is 10.8 Å². The summed E-state index contributed by atoms with van der Waals surface area (Å²) in [5.41, 5.74) is 1.27. The van der Waals surface area contributed by atoms with E-state index in [1.165, 1.54) is 24.8 Å². The van der Waals surface area contributed by atoms with Crippen LogP contribution in [0.4, 0.5) is 0 Å². The minimum absolute atomic E-state index is 0.373. The van der Waals surface area contributed by atoms with Crippen molar-refractivity contribution in [2.45, 2.75) is 37.0 Å². The first-order valence-electron chi connectivity index (χ1n) is 6.19. The molecule has 0 saturated heterocycles. The zero-order valence-corrected chi connectivity index (χ0v) is 12.1. The predicted molar refractivity (Wildman–Crippen MR) is 78.0 cm³/mol. The second-order valence-electron chi connectivity index (χ2n) is 4.90. The van der Waals surface area contributed by atoms with Gasteiger partial charge in [-0.25, -0.2) is 0 Å². The summed E-state index contributed by atoms with van der Waals surface area (Å²) in [6.07, 6.45) is 6.31. The van der Waals surface area contributed by atoms with Crippen molar-refractivity contribution in [1.29, 1.82) is 0 Å². The summed E-state index contributed by atoms with van der Waals surface area (Å²) in [7, 11) is 0. The largest absolute Gasteiger partial charge is 0.309 e.